The summed E-state index contributed by atoms with van der Waals surface area (Å²) in [5.74, 6) is -0.158. The molecule has 0 aliphatic carbocycles. The number of carbonyl (C=O) groups is 1. The van der Waals surface area contributed by atoms with Gasteiger partial charge in [-0.15, -0.1) is 0 Å². The molecule has 72 valence electrons. The summed E-state index contributed by atoms with van der Waals surface area (Å²) >= 11 is 0. The number of rotatable bonds is 6. The van der Waals surface area contributed by atoms with Crippen LogP contribution in [0.5, 0.6) is 0 Å². The van der Waals surface area contributed by atoms with Crippen LogP contribution in [0.4, 0.5) is 0 Å². The minimum absolute atomic E-state index is 0.132. The maximum Gasteiger partial charge on any atom is 0.307 e. The molecule has 0 aliphatic rings. The van der Waals surface area contributed by atoms with Gasteiger partial charge in [0.25, 0.3) is 0 Å². The molecule has 0 bridgehead atoms. The number of carbonyl (C=O) groups excluding carboxylic acids is 1. The lowest BCUT2D eigenvalue weighted by atomic mass is 10.3. The minimum Gasteiger partial charge on any atom is -0.466 e. The van der Waals surface area contributed by atoms with Crippen LogP contribution in [-0.4, -0.2) is 31.7 Å². The van der Waals surface area contributed by atoms with Gasteiger partial charge in [0.1, 0.15) is 0 Å². The molecule has 0 spiro atoms. The second-order valence-electron chi connectivity index (χ2n) is 2.74. The van der Waals surface area contributed by atoms with Crippen molar-refractivity contribution >= 4 is 5.97 Å². The van der Waals surface area contributed by atoms with Crippen LogP contribution in [0.1, 0.15) is 20.3 Å². The first kappa shape index (κ1) is 11.4. The van der Waals surface area contributed by atoms with Gasteiger partial charge < -0.3 is 15.8 Å². The molecule has 4 nitrogen and oxygen atoms in total. The van der Waals surface area contributed by atoms with Gasteiger partial charge in [0, 0.05) is 19.1 Å². The Kier molecular flexibility index (Phi) is 6.70. The quantitative estimate of drug-likeness (QED) is 0.435. The summed E-state index contributed by atoms with van der Waals surface area (Å²) in [7, 11) is 0. The molecule has 0 fully saturated rings. The molecule has 0 rings (SSSR count). The van der Waals surface area contributed by atoms with E-state index in [1.54, 1.807) is 6.92 Å². The number of nitrogens with one attached hydrogen (secondary N) is 1. The standard InChI is InChI=1S/C8H18N2O2/c1-3-12-8(11)4-5-10-6-7(2)9/h7,10H,3-6,9H2,1-2H3. The summed E-state index contributed by atoms with van der Waals surface area (Å²) in [4.78, 5) is 10.8. The van der Waals surface area contributed by atoms with Crippen LogP contribution in [0.3, 0.4) is 0 Å². The van der Waals surface area contributed by atoms with E-state index in [0.717, 1.165) is 6.54 Å². The molecule has 0 heterocycles. The van der Waals surface area contributed by atoms with Gasteiger partial charge in [-0.25, -0.2) is 0 Å². The fourth-order valence-corrected chi connectivity index (χ4v) is 0.753. The van der Waals surface area contributed by atoms with E-state index in [1.165, 1.54) is 0 Å². The first-order valence-corrected chi connectivity index (χ1v) is 4.28. The molecule has 0 amide bonds. The zero-order valence-corrected chi connectivity index (χ0v) is 7.80. The van der Waals surface area contributed by atoms with E-state index in [1.807, 2.05) is 6.92 Å². The maximum atomic E-state index is 10.8. The van der Waals surface area contributed by atoms with Crippen LogP contribution in [0.15, 0.2) is 0 Å². The molecular formula is C8H18N2O2. The van der Waals surface area contributed by atoms with E-state index in [4.69, 9.17) is 10.5 Å². The van der Waals surface area contributed by atoms with Gasteiger partial charge in [0.2, 0.25) is 0 Å². The highest BCUT2D eigenvalue weighted by molar-refractivity contribution is 5.69. The molecule has 0 radical (unpaired) electrons. The van der Waals surface area contributed by atoms with Crippen molar-refractivity contribution in [3.8, 4) is 0 Å². The van der Waals surface area contributed by atoms with Crippen molar-refractivity contribution in [2.45, 2.75) is 26.3 Å². The first-order valence-electron chi connectivity index (χ1n) is 4.28. The van der Waals surface area contributed by atoms with Gasteiger partial charge >= 0.3 is 5.97 Å². The van der Waals surface area contributed by atoms with Gasteiger partial charge in [-0.05, 0) is 13.8 Å². The average Bonchev–Trinajstić information content (AvgIpc) is 1.98. The van der Waals surface area contributed by atoms with Crippen molar-refractivity contribution in [2.75, 3.05) is 19.7 Å². The SMILES string of the molecule is CCOC(=O)CCNCC(C)N. The van der Waals surface area contributed by atoms with Gasteiger partial charge in [-0.1, -0.05) is 0 Å². The van der Waals surface area contributed by atoms with E-state index in [9.17, 15) is 4.79 Å². The second-order valence-corrected chi connectivity index (χ2v) is 2.74. The molecule has 3 N–H and O–H groups in total. The molecule has 0 aliphatic heterocycles. The lowest BCUT2D eigenvalue weighted by Crippen LogP contribution is -2.32. The summed E-state index contributed by atoms with van der Waals surface area (Å²) in [6.07, 6.45) is 0.417. The molecule has 12 heavy (non-hydrogen) atoms. The lowest BCUT2D eigenvalue weighted by molar-refractivity contribution is -0.142. The third kappa shape index (κ3) is 7.50. The third-order valence-electron chi connectivity index (χ3n) is 1.28. The zero-order valence-electron chi connectivity index (χ0n) is 7.80. The molecule has 1 unspecified atom stereocenters. The fourth-order valence-electron chi connectivity index (χ4n) is 0.753. The Morgan fingerprint density at radius 2 is 2.33 bits per heavy atom. The van der Waals surface area contributed by atoms with Crippen molar-refractivity contribution in [1.82, 2.24) is 5.32 Å². The molecule has 0 aromatic heterocycles. The Hall–Kier alpha value is -0.610. The monoisotopic (exact) mass is 174 g/mol. The number of ether oxygens (including phenoxy) is 1. The molecule has 1 atom stereocenters. The average molecular weight is 174 g/mol. The second kappa shape index (κ2) is 7.06. The van der Waals surface area contributed by atoms with E-state index < -0.39 is 0 Å². The Morgan fingerprint density at radius 1 is 1.67 bits per heavy atom. The van der Waals surface area contributed by atoms with Gasteiger partial charge in [-0.3, -0.25) is 4.79 Å². The topological polar surface area (TPSA) is 64.3 Å². The summed E-state index contributed by atoms with van der Waals surface area (Å²) in [5.41, 5.74) is 5.49. The largest absolute Gasteiger partial charge is 0.466 e. The smallest absolute Gasteiger partial charge is 0.307 e. The van der Waals surface area contributed by atoms with E-state index in [0.29, 0.717) is 19.6 Å². The Labute approximate surface area is 73.5 Å². The molecule has 4 heteroatoms. The number of hydrogen-bond acceptors (Lipinski definition) is 4. The van der Waals surface area contributed by atoms with Crippen LogP contribution in [-0.2, 0) is 9.53 Å². The van der Waals surface area contributed by atoms with Crippen LogP contribution < -0.4 is 11.1 Å². The molecule has 0 saturated heterocycles. The van der Waals surface area contributed by atoms with Crippen LogP contribution >= 0.6 is 0 Å². The zero-order chi connectivity index (χ0) is 9.40. The van der Waals surface area contributed by atoms with Crippen LogP contribution in [0.25, 0.3) is 0 Å². The maximum absolute atomic E-state index is 10.8. The molecule has 0 aromatic rings. The summed E-state index contributed by atoms with van der Waals surface area (Å²) in [6.45, 7) is 5.54. The van der Waals surface area contributed by atoms with E-state index in [-0.39, 0.29) is 12.0 Å². The van der Waals surface area contributed by atoms with Crippen molar-refractivity contribution in [1.29, 1.82) is 0 Å². The van der Waals surface area contributed by atoms with Crippen molar-refractivity contribution in [3.63, 3.8) is 0 Å². The first-order chi connectivity index (χ1) is 5.66. The summed E-state index contributed by atoms with van der Waals surface area (Å²) in [5, 5.41) is 3.05. The van der Waals surface area contributed by atoms with Crippen molar-refractivity contribution in [2.24, 2.45) is 5.73 Å². The predicted octanol–water partition coefficient (Wildman–Crippen LogP) is -0.124. The minimum atomic E-state index is -0.158. The van der Waals surface area contributed by atoms with E-state index >= 15 is 0 Å². The van der Waals surface area contributed by atoms with Gasteiger partial charge in [-0.2, -0.15) is 0 Å². The third-order valence-corrected chi connectivity index (χ3v) is 1.28. The van der Waals surface area contributed by atoms with Crippen LogP contribution in [0, 0.1) is 0 Å². The summed E-state index contributed by atoms with van der Waals surface area (Å²) in [6, 6.07) is 0.132. The van der Waals surface area contributed by atoms with Gasteiger partial charge in [0.15, 0.2) is 0 Å². The number of hydrogen-bond donors (Lipinski definition) is 2. The highest BCUT2D eigenvalue weighted by Crippen LogP contribution is 1.83. The number of nitrogens with two attached hydrogens (primary N) is 1. The summed E-state index contributed by atoms with van der Waals surface area (Å²) < 4.78 is 4.74. The van der Waals surface area contributed by atoms with E-state index in [2.05, 4.69) is 5.32 Å². The number of esters is 1. The van der Waals surface area contributed by atoms with Crippen molar-refractivity contribution < 1.29 is 9.53 Å². The Morgan fingerprint density at radius 3 is 2.83 bits per heavy atom. The van der Waals surface area contributed by atoms with Gasteiger partial charge in [0.05, 0.1) is 13.0 Å². The Balaban J connectivity index is 3.14. The highest BCUT2D eigenvalue weighted by atomic mass is 16.5. The molecule has 0 aromatic carbocycles. The highest BCUT2D eigenvalue weighted by Gasteiger charge is 2.00. The molecule has 0 saturated carbocycles. The lowest BCUT2D eigenvalue weighted by Gasteiger charge is -2.06. The van der Waals surface area contributed by atoms with Crippen LogP contribution in [0.2, 0.25) is 0 Å². The normalized spacial score (nSPS) is 12.6. The fraction of sp³-hybridized carbons (Fsp3) is 0.875. The molecular weight excluding hydrogens is 156 g/mol. The Bertz CT molecular complexity index is 126. The predicted molar refractivity (Wildman–Crippen MR) is 47.8 cm³/mol. The van der Waals surface area contributed by atoms with Crippen molar-refractivity contribution in [3.05, 3.63) is 0 Å².